The summed E-state index contributed by atoms with van der Waals surface area (Å²) >= 11 is 1.20. The Balaban J connectivity index is 1.23. The number of piperazine rings is 1. The van der Waals surface area contributed by atoms with E-state index in [1.807, 2.05) is 17.0 Å². The highest BCUT2D eigenvalue weighted by atomic mass is 32.1. The Labute approximate surface area is 217 Å². The first-order valence-electron chi connectivity index (χ1n) is 12.4. The fourth-order valence-electron chi connectivity index (χ4n) is 4.92. The SMILES string of the molecule is O=C(Nc1cnccc1N1CCNCC1)c1nc(-n2cc3ccc(C(=O)N4CCCC4)cc3c2O)cs1. The van der Waals surface area contributed by atoms with Crippen LogP contribution >= 0.6 is 11.3 Å². The van der Waals surface area contributed by atoms with Gasteiger partial charge < -0.3 is 25.5 Å². The Bertz CT molecular complexity index is 1470. The van der Waals surface area contributed by atoms with E-state index in [1.54, 1.807) is 36.1 Å². The molecule has 3 aromatic heterocycles. The Kier molecular flexibility index (Phi) is 6.23. The van der Waals surface area contributed by atoms with Crippen molar-refractivity contribution in [2.45, 2.75) is 12.8 Å². The molecule has 2 fully saturated rings. The molecule has 2 saturated heterocycles. The summed E-state index contributed by atoms with van der Waals surface area (Å²) in [6.07, 6.45) is 7.17. The van der Waals surface area contributed by atoms with Gasteiger partial charge in [-0.2, -0.15) is 0 Å². The van der Waals surface area contributed by atoms with Crippen molar-refractivity contribution in [1.82, 2.24) is 24.8 Å². The van der Waals surface area contributed by atoms with E-state index in [4.69, 9.17) is 0 Å². The van der Waals surface area contributed by atoms with E-state index >= 15 is 0 Å². The monoisotopic (exact) mass is 517 g/mol. The Morgan fingerprint density at radius 3 is 2.70 bits per heavy atom. The molecule has 0 bridgehead atoms. The van der Waals surface area contributed by atoms with Gasteiger partial charge in [-0.3, -0.25) is 19.1 Å². The molecule has 2 amide bonds. The number of hydrogen-bond donors (Lipinski definition) is 3. The molecule has 6 rings (SSSR count). The average molecular weight is 518 g/mol. The normalized spacial score (nSPS) is 15.9. The van der Waals surface area contributed by atoms with Crippen molar-refractivity contribution in [3.8, 4) is 11.7 Å². The molecule has 190 valence electrons. The Morgan fingerprint density at radius 2 is 1.89 bits per heavy atom. The van der Waals surface area contributed by atoms with E-state index in [1.165, 1.54) is 15.9 Å². The molecule has 1 aromatic carbocycles. The smallest absolute Gasteiger partial charge is 0.284 e. The van der Waals surface area contributed by atoms with Crippen molar-refractivity contribution >= 4 is 45.3 Å². The average Bonchev–Trinajstić information content (AvgIpc) is 3.70. The third-order valence-electron chi connectivity index (χ3n) is 6.87. The summed E-state index contributed by atoms with van der Waals surface area (Å²) in [4.78, 5) is 38.6. The first-order valence-corrected chi connectivity index (χ1v) is 13.3. The van der Waals surface area contributed by atoms with Crippen LogP contribution in [0.5, 0.6) is 5.88 Å². The number of hydrogen-bond acceptors (Lipinski definition) is 8. The zero-order valence-corrected chi connectivity index (χ0v) is 21.0. The van der Waals surface area contributed by atoms with Crippen molar-refractivity contribution < 1.29 is 14.7 Å². The van der Waals surface area contributed by atoms with Crippen molar-refractivity contribution in [2.24, 2.45) is 0 Å². The summed E-state index contributed by atoms with van der Waals surface area (Å²) in [6.45, 7) is 5.00. The lowest BCUT2D eigenvalue weighted by molar-refractivity contribution is 0.0792. The fourth-order valence-corrected chi connectivity index (χ4v) is 5.61. The molecule has 4 aromatic rings. The van der Waals surface area contributed by atoms with Crippen LogP contribution in [-0.4, -0.2) is 75.6 Å². The topological polar surface area (TPSA) is 116 Å². The summed E-state index contributed by atoms with van der Waals surface area (Å²) in [5, 5.41) is 20.6. The van der Waals surface area contributed by atoms with Gasteiger partial charge in [0.05, 0.1) is 17.6 Å². The van der Waals surface area contributed by atoms with Gasteiger partial charge in [-0.25, -0.2) is 4.98 Å². The lowest BCUT2D eigenvalue weighted by Gasteiger charge is -2.30. The number of aromatic hydroxyl groups is 1. The highest BCUT2D eigenvalue weighted by Gasteiger charge is 2.22. The van der Waals surface area contributed by atoms with Crippen LogP contribution in [0.15, 0.2) is 48.2 Å². The molecule has 3 N–H and O–H groups in total. The number of thiazole rings is 1. The van der Waals surface area contributed by atoms with Gasteiger partial charge in [0.25, 0.3) is 11.8 Å². The van der Waals surface area contributed by atoms with Crippen molar-refractivity contribution in [1.29, 1.82) is 0 Å². The molecule has 0 radical (unpaired) electrons. The number of anilines is 2. The van der Waals surface area contributed by atoms with Crippen LogP contribution in [0.2, 0.25) is 0 Å². The molecule has 5 heterocycles. The Morgan fingerprint density at radius 1 is 1.08 bits per heavy atom. The van der Waals surface area contributed by atoms with Gasteiger partial charge in [-0.1, -0.05) is 6.07 Å². The second-order valence-electron chi connectivity index (χ2n) is 9.22. The molecule has 0 aliphatic carbocycles. The maximum Gasteiger partial charge on any atom is 0.284 e. The van der Waals surface area contributed by atoms with E-state index < -0.39 is 0 Å². The fraction of sp³-hybridized carbons (Fsp3) is 0.308. The van der Waals surface area contributed by atoms with Gasteiger partial charge in [-0.15, -0.1) is 11.3 Å². The number of carbonyl (C=O) groups is 2. The number of aromatic nitrogens is 3. The molecule has 0 unspecified atom stereocenters. The van der Waals surface area contributed by atoms with Crippen molar-refractivity contribution in [3.05, 3.63) is 58.8 Å². The first-order chi connectivity index (χ1) is 18.1. The standard InChI is InChI=1S/C26H27N7O3S/c34-23(29-20-14-28-6-5-21(20)31-11-7-27-8-12-31)24-30-22(16-37-24)33-15-18-4-3-17(13-19(18)26(33)36)25(35)32-9-1-2-10-32/h3-6,13-16,27,36H,1-2,7-12H2,(H,29,34). The minimum absolute atomic E-state index is 0.0171. The van der Waals surface area contributed by atoms with Gasteiger partial charge in [0, 0.05) is 73.4 Å². The molecular formula is C26H27N7O3S. The van der Waals surface area contributed by atoms with Crippen LogP contribution in [0, 0.1) is 0 Å². The summed E-state index contributed by atoms with van der Waals surface area (Å²) in [5.74, 6) is 0.0615. The van der Waals surface area contributed by atoms with Crippen molar-refractivity contribution in [2.75, 3.05) is 49.5 Å². The first kappa shape index (κ1) is 23.4. The highest BCUT2D eigenvalue weighted by molar-refractivity contribution is 7.12. The van der Waals surface area contributed by atoms with Crippen LogP contribution in [0.1, 0.15) is 33.0 Å². The summed E-state index contributed by atoms with van der Waals surface area (Å²) in [7, 11) is 0. The number of benzene rings is 1. The zero-order chi connectivity index (χ0) is 25.4. The molecule has 0 spiro atoms. The summed E-state index contributed by atoms with van der Waals surface area (Å²) in [6, 6.07) is 7.24. The van der Waals surface area contributed by atoms with E-state index in [9.17, 15) is 14.7 Å². The Hall–Kier alpha value is -3.96. The van der Waals surface area contributed by atoms with Crippen LogP contribution in [-0.2, 0) is 0 Å². The predicted molar refractivity (Wildman–Crippen MR) is 143 cm³/mol. The lowest BCUT2D eigenvalue weighted by atomic mass is 10.1. The van der Waals surface area contributed by atoms with Gasteiger partial charge in [0.2, 0.25) is 5.88 Å². The van der Waals surface area contributed by atoms with E-state index in [0.717, 1.165) is 63.2 Å². The van der Waals surface area contributed by atoms with Gasteiger partial charge >= 0.3 is 0 Å². The number of fused-ring (bicyclic) bond motifs is 1. The number of carbonyl (C=O) groups excluding carboxylic acids is 2. The number of pyridine rings is 1. The van der Waals surface area contributed by atoms with Crippen molar-refractivity contribution in [3.63, 3.8) is 0 Å². The van der Waals surface area contributed by atoms with Gasteiger partial charge in [0.15, 0.2) is 10.8 Å². The van der Waals surface area contributed by atoms with Crippen LogP contribution in [0.25, 0.3) is 16.6 Å². The summed E-state index contributed by atoms with van der Waals surface area (Å²) in [5.41, 5.74) is 2.11. The highest BCUT2D eigenvalue weighted by Crippen LogP contribution is 2.32. The molecule has 11 heteroatoms. The quantitative estimate of drug-likeness (QED) is 0.373. The minimum atomic E-state index is -0.338. The second-order valence-corrected chi connectivity index (χ2v) is 10.1. The summed E-state index contributed by atoms with van der Waals surface area (Å²) < 4.78 is 1.54. The maximum absolute atomic E-state index is 13.1. The molecule has 0 saturated carbocycles. The number of nitrogens with zero attached hydrogens (tertiary/aromatic N) is 5. The van der Waals surface area contributed by atoms with E-state index in [-0.39, 0.29) is 22.7 Å². The molecule has 0 atom stereocenters. The number of rotatable bonds is 5. The number of likely N-dealkylation sites (tertiary alicyclic amines) is 1. The number of nitrogens with one attached hydrogen (secondary N) is 2. The van der Waals surface area contributed by atoms with Gasteiger partial charge in [-0.05, 0) is 31.0 Å². The van der Waals surface area contributed by atoms with Crippen LogP contribution < -0.4 is 15.5 Å². The van der Waals surface area contributed by atoms with E-state index in [0.29, 0.717) is 22.5 Å². The third kappa shape index (κ3) is 4.51. The third-order valence-corrected chi connectivity index (χ3v) is 7.70. The van der Waals surface area contributed by atoms with E-state index in [2.05, 4.69) is 25.5 Å². The van der Waals surface area contributed by atoms with Crippen LogP contribution in [0.4, 0.5) is 11.4 Å². The molecular weight excluding hydrogens is 490 g/mol. The molecule has 2 aliphatic rings. The number of amides is 2. The lowest BCUT2D eigenvalue weighted by Crippen LogP contribution is -2.43. The molecule has 37 heavy (non-hydrogen) atoms. The van der Waals surface area contributed by atoms with Gasteiger partial charge in [0.1, 0.15) is 0 Å². The molecule has 10 nitrogen and oxygen atoms in total. The zero-order valence-electron chi connectivity index (χ0n) is 20.2. The maximum atomic E-state index is 13.1. The minimum Gasteiger partial charge on any atom is -0.494 e. The second kappa shape index (κ2) is 9.83. The predicted octanol–water partition coefficient (Wildman–Crippen LogP) is 3.09. The molecule has 2 aliphatic heterocycles. The van der Waals surface area contributed by atoms with Crippen LogP contribution in [0.3, 0.4) is 0 Å². The largest absolute Gasteiger partial charge is 0.494 e.